The number of benzene rings is 1. The molecular formula is C9H4Br2F4O. The van der Waals surface area contributed by atoms with Gasteiger partial charge in [0, 0.05) is 5.56 Å². The topological polar surface area (TPSA) is 17.1 Å². The molecule has 0 spiro atoms. The lowest BCUT2D eigenvalue weighted by atomic mass is 10.0. The maximum atomic E-state index is 13.1. The van der Waals surface area contributed by atoms with Crippen LogP contribution in [0.15, 0.2) is 16.6 Å². The molecule has 1 aromatic carbocycles. The summed E-state index contributed by atoms with van der Waals surface area (Å²) in [6, 6.07) is 1.22. The Morgan fingerprint density at radius 2 is 1.88 bits per heavy atom. The van der Waals surface area contributed by atoms with Crippen LogP contribution in [-0.2, 0) is 6.18 Å². The van der Waals surface area contributed by atoms with Gasteiger partial charge in [0.15, 0.2) is 5.78 Å². The average Bonchev–Trinajstić information content (AvgIpc) is 2.19. The number of carbonyl (C=O) groups excluding carboxylic acids is 1. The Labute approximate surface area is 105 Å². The summed E-state index contributed by atoms with van der Waals surface area (Å²) >= 11 is 5.40. The smallest absolute Gasteiger partial charge is 0.293 e. The van der Waals surface area contributed by atoms with Crippen molar-refractivity contribution in [3.63, 3.8) is 0 Å². The lowest BCUT2D eigenvalue weighted by molar-refractivity contribution is -0.138. The molecular weight excluding hydrogens is 360 g/mol. The highest BCUT2D eigenvalue weighted by Crippen LogP contribution is 2.36. The third-order valence-corrected chi connectivity index (χ3v) is 3.09. The van der Waals surface area contributed by atoms with Crippen molar-refractivity contribution in [2.24, 2.45) is 0 Å². The van der Waals surface area contributed by atoms with Gasteiger partial charge < -0.3 is 0 Å². The summed E-state index contributed by atoms with van der Waals surface area (Å²) in [7, 11) is 0. The first-order chi connectivity index (χ1) is 7.29. The van der Waals surface area contributed by atoms with E-state index in [-0.39, 0.29) is 5.33 Å². The minimum Gasteiger partial charge on any atom is -0.293 e. The van der Waals surface area contributed by atoms with Crippen molar-refractivity contribution in [1.29, 1.82) is 0 Å². The molecule has 0 aliphatic rings. The highest BCUT2D eigenvalue weighted by Gasteiger charge is 2.36. The Kier molecular flexibility index (Phi) is 4.12. The molecule has 0 N–H and O–H groups in total. The van der Waals surface area contributed by atoms with Crippen LogP contribution in [0.25, 0.3) is 0 Å². The fourth-order valence-corrected chi connectivity index (χ4v) is 1.97. The first-order valence-corrected chi connectivity index (χ1v) is 5.85. The zero-order chi connectivity index (χ0) is 12.5. The van der Waals surface area contributed by atoms with Crippen LogP contribution in [0.4, 0.5) is 17.6 Å². The fourth-order valence-electron chi connectivity index (χ4n) is 1.13. The van der Waals surface area contributed by atoms with Gasteiger partial charge in [-0.1, -0.05) is 15.9 Å². The van der Waals surface area contributed by atoms with Crippen molar-refractivity contribution in [3.05, 3.63) is 33.5 Å². The van der Waals surface area contributed by atoms with Crippen LogP contribution >= 0.6 is 31.9 Å². The van der Waals surface area contributed by atoms with Crippen molar-refractivity contribution in [2.45, 2.75) is 6.18 Å². The molecule has 0 amide bonds. The van der Waals surface area contributed by atoms with E-state index in [9.17, 15) is 22.4 Å². The van der Waals surface area contributed by atoms with Gasteiger partial charge in [-0.05, 0) is 28.1 Å². The minimum atomic E-state index is -4.69. The van der Waals surface area contributed by atoms with E-state index in [0.717, 1.165) is 0 Å². The number of hydrogen-bond donors (Lipinski definition) is 0. The third kappa shape index (κ3) is 2.63. The van der Waals surface area contributed by atoms with E-state index in [1.807, 2.05) is 0 Å². The summed E-state index contributed by atoms with van der Waals surface area (Å²) in [5.41, 5.74) is -1.84. The van der Waals surface area contributed by atoms with E-state index in [2.05, 4.69) is 31.9 Å². The number of halogens is 6. The largest absolute Gasteiger partial charge is 0.417 e. The Morgan fingerprint density at radius 1 is 1.31 bits per heavy atom. The summed E-state index contributed by atoms with van der Waals surface area (Å²) in [6.45, 7) is 0. The van der Waals surface area contributed by atoms with Crippen molar-refractivity contribution in [3.8, 4) is 0 Å². The number of rotatable bonds is 2. The number of carbonyl (C=O) groups is 1. The number of hydrogen-bond acceptors (Lipinski definition) is 1. The quantitative estimate of drug-likeness (QED) is 0.437. The van der Waals surface area contributed by atoms with Gasteiger partial charge >= 0.3 is 6.18 Å². The zero-order valence-electron chi connectivity index (χ0n) is 7.54. The van der Waals surface area contributed by atoms with E-state index < -0.39 is 33.4 Å². The van der Waals surface area contributed by atoms with Gasteiger partial charge in [0.1, 0.15) is 5.82 Å². The maximum Gasteiger partial charge on any atom is 0.417 e. The highest BCUT2D eigenvalue weighted by molar-refractivity contribution is 9.10. The second-order valence-electron chi connectivity index (χ2n) is 2.84. The van der Waals surface area contributed by atoms with Crippen LogP contribution in [0, 0.1) is 5.82 Å². The third-order valence-electron chi connectivity index (χ3n) is 1.80. The molecule has 0 fully saturated rings. The summed E-state index contributed by atoms with van der Waals surface area (Å²) in [5.74, 6) is -1.74. The Morgan fingerprint density at radius 3 is 2.31 bits per heavy atom. The summed E-state index contributed by atoms with van der Waals surface area (Å²) in [4.78, 5) is 11.3. The molecule has 0 saturated carbocycles. The summed E-state index contributed by atoms with van der Waals surface area (Å²) in [6.07, 6.45) is -4.69. The van der Waals surface area contributed by atoms with Gasteiger partial charge in [-0.3, -0.25) is 4.79 Å². The molecule has 0 atom stereocenters. The molecule has 0 radical (unpaired) electrons. The summed E-state index contributed by atoms with van der Waals surface area (Å²) in [5, 5.41) is -0.307. The number of alkyl halides is 4. The van der Waals surface area contributed by atoms with Crippen molar-refractivity contribution in [2.75, 3.05) is 5.33 Å². The van der Waals surface area contributed by atoms with E-state index >= 15 is 0 Å². The molecule has 0 heterocycles. The number of Topliss-reactive ketones (excluding diaryl/α,β-unsaturated/α-hetero) is 1. The first-order valence-electron chi connectivity index (χ1n) is 3.93. The van der Waals surface area contributed by atoms with E-state index in [1.54, 1.807) is 0 Å². The molecule has 0 bridgehead atoms. The van der Waals surface area contributed by atoms with Crippen LogP contribution in [0.5, 0.6) is 0 Å². The second-order valence-corrected chi connectivity index (χ2v) is 4.19. The molecule has 16 heavy (non-hydrogen) atoms. The average molecular weight is 364 g/mol. The standard InChI is InChI=1S/C9H4Br2F4O/c10-3-6(16)7-4(9(13,14)15)1-2-5(12)8(7)11/h1-2H,3H2. The van der Waals surface area contributed by atoms with Crippen LogP contribution in [0.1, 0.15) is 15.9 Å². The zero-order valence-corrected chi connectivity index (χ0v) is 10.7. The second kappa shape index (κ2) is 4.83. The van der Waals surface area contributed by atoms with Crippen LogP contribution in [-0.4, -0.2) is 11.1 Å². The molecule has 7 heteroatoms. The minimum absolute atomic E-state index is 0.307. The van der Waals surface area contributed by atoms with Gasteiger partial charge in [-0.2, -0.15) is 13.2 Å². The molecule has 0 saturated heterocycles. The van der Waals surface area contributed by atoms with Gasteiger partial charge in [-0.15, -0.1) is 0 Å². The Hall–Kier alpha value is -0.430. The van der Waals surface area contributed by atoms with E-state index in [4.69, 9.17) is 0 Å². The van der Waals surface area contributed by atoms with Crippen molar-refractivity contribution < 1.29 is 22.4 Å². The predicted octanol–water partition coefficient (Wildman–Crippen LogP) is 4.18. The Bertz CT molecular complexity index is 428. The SMILES string of the molecule is O=C(CBr)c1c(C(F)(F)F)ccc(F)c1Br. The van der Waals surface area contributed by atoms with E-state index in [0.29, 0.717) is 12.1 Å². The van der Waals surface area contributed by atoms with Gasteiger partial charge in [0.2, 0.25) is 0 Å². The van der Waals surface area contributed by atoms with Crippen molar-refractivity contribution in [1.82, 2.24) is 0 Å². The molecule has 1 aromatic rings. The lowest BCUT2D eigenvalue weighted by Crippen LogP contribution is -2.15. The van der Waals surface area contributed by atoms with Gasteiger partial charge in [0.05, 0.1) is 15.4 Å². The Balaban J connectivity index is 3.51. The summed E-state index contributed by atoms with van der Waals surface area (Å²) < 4.78 is 50.2. The molecule has 1 nitrogen and oxygen atoms in total. The van der Waals surface area contributed by atoms with Crippen molar-refractivity contribution >= 4 is 37.6 Å². The lowest BCUT2D eigenvalue weighted by Gasteiger charge is -2.13. The molecule has 0 unspecified atom stereocenters. The molecule has 0 aliphatic carbocycles. The molecule has 88 valence electrons. The van der Waals surface area contributed by atoms with Gasteiger partial charge in [0.25, 0.3) is 0 Å². The van der Waals surface area contributed by atoms with Crippen LogP contribution < -0.4 is 0 Å². The van der Waals surface area contributed by atoms with Crippen LogP contribution in [0.3, 0.4) is 0 Å². The monoisotopic (exact) mass is 362 g/mol. The molecule has 0 aliphatic heterocycles. The number of ketones is 1. The van der Waals surface area contributed by atoms with Gasteiger partial charge in [-0.25, -0.2) is 4.39 Å². The molecule has 1 rings (SSSR count). The van der Waals surface area contributed by atoms with Crippen LogP contribution in [0.2, 0.25) is 0 Å². The fraction of sp³-hybridized carbons (Fsp3) is 0.222. The highest BCUT2D eigenvalue weighted by atomic mass is 79.9. The predicted molar refractivity (Wildman–Crippen MR) is 57.2 cm³/mol. The first kappa shape index (κ1) is 13.6. The normalized spacial score (nSPS) is 11.6. The maximum absolute atomic E-state index is 13.1. The van der Waals surface area contributed by atoms with E-state index in [1.165, 1.54) is 0 Å². The molecule has 0 aromatic heterocycles.